The standard InChI is InChI=1S/C14H25N3O4S2/c1-12(2)13-6-8-14(9-7-13)17(22(5,18)19)11-10-15-23(20,21)16(3)4/h6-9,12,15H,10-11H2,1-5H3. The largest absolute Gasteiger partial charge is 0.278 e. The second kappa shape index (κ2) is 7.61. The monoisotopic (exact) mass is 363 g/mol. The molecule has 1 aromatic rings. The molecule has 0 heterocycles. The average molecular weight is 364 g/mol. The van der Waals surface area contributed by atoms with Gasteiger partial charge < -0.3 is 0 Å². The normalized spacial score (nSPS) is 12.8. The third-order valence-electron chi connectivity index (χ3n) is 3.33. The van der Waals surface area contributed by atoms with E-state index in [4.69, 9.17) is 0 Å². The van der Waals surface area contributed by atoms with Crippen LogP contribution >= 0.6 is 0 Å². The lowest BCUT2D eigenvalue weighted by Gasteiger charge is -2.23. The van der Waals surface area contributed by atoms with Gasteiger partial charge >= 0.3 is 0 Å². The van der Waals surface area contributed by atoms with Gasteiger partial charge in [0.25, 0.3) is 10.2 Å². The average Bonchev–Trinajstić information content (AvgIpc) is 2.42. The van der Waals surface area contributed by atoms with E-state index in [0.29, 0.717) is 11.6 Å². The first-order valence-electron chi connectivity index (χ1n) is 7.20. The summed E-state index contributed by atoms with van der Waals surface area (Å²) in [6, 6.07) is 7.22. The number of hydrogen-bond acceptors (Lipinski definition) is 4. The van der Waals surface area contributed by atoms with Crippen molar-refractivity contribution in [3.05, 3.63) is 29.8 Å². The van der Waals surface area contributed by atoms with Crippen LogP contribution in [0.5, 0.6) is 0 Å². The van der Waals surface area contributed by atoms with Crippen molar-refractivity contribution in [2.45, 2.75) is 19.8 Å². The van der Waals surface area contributed by atoms with Crippen molar-refractivity contribution in [1.82, 2.24) is 9.03 Å². The summed E-state index contributed by atoms with van der Waals surface area (Å²) in [5, 5.41) is 0. The molecule has 1 aromatic carbocycles. The minimum Gasteiger partial charge on any atom is -0.269 e. The van der Waals surface area contributed by atoms with E-state index in [2.05, 4.69) is 18.6 Å². The first kappa shape index (κ1) is 19.9. The third-order valence-corrected chi connectivity index (χ3v) is 6.05. The summed E-state index contributed by atoms with van der Waals surface area (Å²) in [7, 11) is -4.27. The van der Waals surface area contributed by atoms with Gasteiger partial charge in [0.2, 0.25) is 10.0 Å². The summed E-state index contributed by atoms with van der Waals surface area (Å²) in [6.45, 7) is 4.12. The molecular formula is C14H25N3O4S2. The van der Waals surface area contributed by atoms with E-state index in [1.165, 1.54) is 18.4 Å². The summed E-state index contributed by atoms with van der Waals surface area (Å²) in [5.74, 6) is 0.350. The molecule has 0 bridgehead atoms. The van der Waals surface area contributed by atoms with E-state index < -0.39 is 20.2 Å². The molecule has 0 amide bonds. The van der Waals surface area contributed by atoms with Crippen LogP contribution in [0.25, 0.3) is 0 Å². The van der Waals surface area contributed by atoms with Crippen LogP contribution in [-0.2, 0) is 20.2 Å². The Morgan fingerprint density at radius 3 is 1.96 bits per heavy atom. The van der Waals surface area contributed by atoms with E-state index in [1.807, 2.05) is 12.1 Å². The molecule has 0 saturated carbocycles. The Morgan fingerprint density at radius 1 is 1.04 bits per heavy atom. The minimum atomic E-state index is -3.58. The fraction of sp³-hybridized carbons (Fsp3) is 0.571. The van der Waals surface area contributed by atoms with Gasteiger partial charge in [-0.2, -0.15) is 12.7 Å². The van der Waals surface area contributed by atoms with Crippen molar-refractivity contribution in [1.29, 1.82) is 0 Å². The van der Waals surface area contributed by atoms with Gasteiger partial charge in [0, 0.05) is 27.2 Å². The summed E-state index contributed by atoms with van der Waals surface area (Å²) < 4.78 is 51.9. The summed E-state index contributed by atoms with van der Waals surface area (Å²) >= 11 is 0. The molecule has 0 aromatic heterocycles. The van der Waals surface area contributed by atoms with Crippen molar-refractivity contribution in [3.63, 3.8) is 0 Å². The second-order valence-electron chi connectivity index (χ2n) is 5.76. The predicted octanol–water partition coefficient (Wildman–Crippen LogP) is 0.972. The fourth-order valence-corrected chi connectivity index (χ4v) is 3.45. The molecule has 23 heavy (non-hydrogen) atoms. The third kappa shape index (κ3) is 5.76. The molecule has 9 heteroatoms. The molecule has 0 aliphatic rings. The Hall–Kier alpha value is -1.16. The maximum atomic E-state index is 12.0. The zero-order valence-corrected chi connectivity index (χ0v) is 15.8. The van der Waals surface area contributed by atoms with E-state index >= 15 is 0 Å². The number of hydrogen-bond donors (Lipinski definition) is 1. The molecule has 0 fully saturated rings. The van der Waals surface area contributed by atoms with Gasteiger partial charge in [-0.25, -0.2) is 13.1 Å². The van der Waals surface area contributed by atoms with Crippen molar-refractivity contribution in [2.24, 2.45) is 0 Å². The van der Waals surface area contributed by atoms with E-state index in [1.54, 1.807) is 12.1 Å². The van der Waals surface area contributed by atoms with Gasteiger partial charge in [-0.15, -0.1) is 0 Å². The Labute approximate surface area is 139 Å². The van der Waals surface area contributed by atoms with Gasteiger partial charge in [0.15, 0.2) is 0 Å². The molecule has 0 spiro atoms. The van der Waals surface area contributed by atoms with Gasteiger partial charge in [0.1, 0.15) is 0 Å². The lowest BCUT2D eigenvalue weighted by Crippen LogP contribution is -2.42. The Kier molecular flexibility index (Phi) is 6.58. The predicted molar refractivity (Wildman–Crippen MR) is 93.3 cm³/mol. The number of rotatable bonds is 8. The van der Waals surface area contributed by atoms with Crippen LogP contribution in [0, 0.1) is 0 Å². The van der Waals surface area contributed by atoms with Crippen LogP contribution in [-0.4, -0.2) is 54.6 Å². The molecule has 0 radical (unpaired) electrons. The van der Waals surface area contributed by atoms with Crippen molar-refractivity contribution in [2.75, 3.05) is 37.7 Å². The topological polar surface area (TPSA) is 86.8 Å². The molecule has 7 nitrogen and oxygen atoms in total. The van der Waals surface area contributed by atoms with Gasteiger partial charge in [-0.1, -0.05) is 26.0 Å². The van der Waals surface area contributed by atoms with Crippen molar-refractivity contribution >= 4 is 25.9 Å². The molecule has 0 aliphatic carbocycles. The summed E-state index contributed by atoms with van der Waals surface area (Å²) in [5.41, 5.74) is 1.62. The zero-order chi connectivity index (χ0) is 17.8. The number of nitrogens with zero attached hydrogens (tertiary/aromatic N) is 2. The number of anilines is 1. The molecule has 0 saturated heterocycles. The second-order valence-corrected chi connectivity index (χ2v) is 9.64. The quantitative estimate of drug-likeness (QED) is 0.746. The maximum absolute atomic E-state index is 12.0. The molecule has 1 rings (SSSR count). The molecule has 0 unspecified atom stereocenters. The summed E-state index contributed by atoms with van der Waals surface area (Å²) in [6.07, 6.45) is 1.10. The van der Waals surface area contributed by atoms with Crippen LogP contribution in [0.3, 0.4) is 0 Å². The van der Waals surface area contributed by atoms with Crippen LogP contribution in [0.1, 0.15) is 25.3 Å². The SMILES string of the molecule is CC(C)c1ccc(N(CCNS(=O)(=O)N(C)C)S(C)(=O)=O)cc1. The zero-order valence-electron chi connectivity index (χ0n) is 14.1. The highest BCUT2D eigenvalue weighted by atomic mass is 32.2. The maximum Gasteiger partial charge on any atom is 0.278 e. The van der Waals surface area contributed by atoms with Crippen LogP contribution in [0.4, 0.5) is 5.69 Å². The highest BCUT2D eigenvalue weighted by Crippen LogP contribution is 2.21. The Morgan fingerprint density at radius 2 is 1.57 bits per heavy atom. The lowest BCUT2D eigenvalue weighted by molar-refractivity contribution is 0.506. The molecule has 0 aliphatic heterocycles. The van der Waals surface area contributed by atoms with Gasteiger partial charge in [-0.3, -0.25) is 4.31 Å². The first-order valence-corrected chi connectivity index (χ1v) is 10.5. The lowest BCUT2D eigenvalue weighted by atomic mass is 10.0. The minimum absolute atomic E-state index is 0.0144. The smallest absolute Gasteiger partial charge is 0.269 e. The van der Waals surface area contributed by atoms with Crippen LogP contribution in [0.15, 0.2) is 24.3 Å². The highest BCUT2D eigenvalue weighted by Gasteiger charge is 2.19. The number of benzene rings is 1. The van der Waals surface area contributed by atoms with Crippen molar-refractivity contribution in [3.8, 4) is 0 Å². The number of sulfonamides is 1. The Balaban J connectivity index is 2.91. The van der Waals surface area contributed by atoms with E-state index in [-0.39, 0.29) is 13.1 Å². The number of nitrogens with one attached hydrogen (secondary N) is 1. The van der Waals surface area contributed by atoms with E-state index in [9.17, 15) is 16.8 Å². The summed E-state index contributed by atoms with van der Waals surface area (Å²) in [4.78, 5) is 0. The molecule has 1 N–H and O–H groups in total. The Bertz CT molecular complexity index is 711. The molecule has 0 atom stereocenters. The van der Waals surface area contributed by atoms with Crippen LogP contribution in [0.2, 0.25) is 0 Å². The van der Waals surface area contributed by atoms with Crippen LogP contribution < -0.4 is 9.03 Å². The van der Waals surface area contributed by atoms with Crippen molar-refractivity contribution < 1.29 is 16.8 Å². The van der Waals surface area contributed by atoms with Gasteiger partial charge in [-0.05, 0) is 23.6 Å². The highest BCUT2D eigenvalue weighted by molar-refractivity contribution is 7.92. The van der Waals surface area contributed by atoms with E-state index in [0.717, 1.165) is 16.1 Å². The van der Waals surface area contributed by atoms with Gasteiger partial charge in [0.05, 0.1) is 11.9 Å². The first-order chi connectivity index (χ1) is 10.4. The molecule has 132 valence electrons. The molecular weight excluding hydrogens is 338 g/mol. The fourth-order valence-electron chi connectivity index (χ4n) is 1.92.